The molecule has 0 saturated heterocycles. The Morgan fingerprint density at radius 2 is 2.06 bits per heavy atom. The molecule has 0 fully saturated rings. The van der Waals surface area contributed by atoms with Gasteiger partial charge in [-0.1, -0.05) is 32.4 Å². The van der Waals surface area contributed by atoms with Crippen LogP contribution in [-0.4, -0.2) is 19.0 Å². The van der Waals surface area contributed by atoms with Gasteiger partial charge < -0.3 is 10.6 Å². The second-order valence-electron chi connectivity index (χ2n) is 4.65. The predicted molar refractivity (Wildman–Crippen MR) is 79.3 cm³/mol. The van der Waals surface area contributed by atoms with E-state index in [-0.39, 0.29) is 24.2 Å². The molecule has 0 heterocycles. The summed E-state index contributed by atoms with van der Waals surface area (Å²) in [5, 5.41) is 0. The first-order valence-corrected chi connectivity index (χ1v) is 6.07. The van der Waals surface area contributed by atoms with Crippen LogP contribution in [0.2, 0.25) is 0 Å². The number of nitrogens with two attached hydrogens (primary N) is 1. The van der Waals surface area contributed by atoms with Gasteiger partial charge in [-0.05, 0) is 30.5 Å². The molecule has 18 heavy (non-hydrogen) atoms. The normalized spacial score (nSPS) is 13.4. The topological polar surface area (TPSA) is 46.3 Å². The molecule has 1 aromatic rings. The summed E-state index contributed by atoms with van der Waals surface area (Å²) < 4.78 is 0. The van der Waals surface area contributed by atoms with Crippen LogP contribution in [0, 0.1) is 12.8 Å². The van der Waals surface area contributed by atoms with Gasteiger partial charge in [0.25, 0.3) is 0 Å². The molecule has 1 rings (SSSR count). The lowest BCUT2D eigenvalue weighted by atomic mass is 9.99. The van der Waals surface area contributed by atoms with Crippen molar-refractivity contribution in [3.8, 4) is 0 Å². The summed E-state index contributed by atoms with van der Waals surface area (Å²) in [6, 6.07) is 7.44. The first kappa shape index (κ1) is 16.9. The number of hydrogen-bond acceptors (Lipinski definition) is 2. The van der Waals surface area contributed by atoms with Crippen molar-refractivity contribution in [3.63, 3.8) is 0 Å². The monoisotopic (exact) mass is 270 g/mol. The minimum absolute atomic E-state index is 0. The summed E-state index contributed by atoms with van der Waals surface area (Å²) in [7, 11) is 1.78. The van der Waals surface area contributed by atoms with E-state index in [9.17, 15) is 4.79 Å². The van der Waals surface area contributed by atoms with Crippen LogP contribution in [0.1, 0.15) is 25.8 Å². The zero-order valence-electron chi connectivity index (χ0n) is 11.5. The van der Waals surface area contributed by atoms with E-state index in [1.807, 2.05) is 45.0 Å². The van der Waals surface area contributed by atoms with Gasteiger partial charge in [0, 0.05) is 12.7 Å². The number of carbonyl (C=O) groups is 1. The first-order valence-electron chi connectivity index (χ1n) is 6.07. The average Bonchev–Trinajstić information content (AvgIpc) is 2.35. The number of hydrogen-bond donors (Lipinski definition) is 1. The van der Waals surface area contributed by atoms with Crippen LogP contribution in [0.4, 0.5) is 5.69 Å². The van der Waals surface area contributed by atoms with Gasteiger partial charge in [0.2, 0.25) is 5.91 Å². The number of amides is 1. The SMILES string of the molecule is CCC(C)C(N)C(=O)N(C)c1cccc(C)c1.Cl. The van der Waals surface area contributed by atoms with Gasteiger partial charge in [0.15, 0.2) is 0 Å². The summed E-state index contributed by atoms with van der Waals surface area (Å²) >= 11 is 0. The standard InChI is InChI=1S/C14H22N2O.ClH/c1-5-11(3)13(15)14(17)16(4)12-8-6-7-10(2)9-12;/h6-9,11,13H,5,15H2,1-4H3;1H. The van der Waals surface area contributed by atoms with Gasteiger partial charge in [-0.15, -0.1) is 12.4 Å². The highest BCUT2D eigenvalue weighted by molar-refractivity contribution is 5.96. The third-order valence-corrected chi connectivity index (χ3v) is 3.26. The highest BCUT2D eigenvalue weighted by Crippen LogP contribution is 2.17. The van der Waals surface area contributed by atoms with Crippen LogP contribution >= 0.6 is 12.4 Å². The van der Waals surface area contributed by atoms with Gasteiger partial charge >= 0.3 is 0 Å². The molecule has 1 aromatic carbocycles. The number of aryl methyl sites for hydroxylation is 1. The maximum Gasteiger partial charge on any atom is 0.243 e. The molecule has 0 radical (unpaired) electrons. The molecule has 1 amide bonds. The van der Waals surface area contributed by atoms with E-state index in [0.29, 0.717) is 0 Å². The Kier molecular flexibility index (Phi) is 6.96. The summed E-state index contributed by atoms with van der Waals surface area (Å²) in [5.41, 5.74) is 7.99. The fourth-order valence-corrected chi connectivity index (χ4v) is 1.68. The summed E-state index contributed by atoms with van der Waals surface area (Å²) in [6.45, 7) is 6.06. The smallest absolute Gasteiger partial charge is 0.243 e. The third kappa shape index (κ3) is 4.00. The van der Waals surface area contributed by atoms with E-state index in [0.717, 1.165) is 17.7 Å². The molecule has 0 aliphatic heterocycles. The molecule has 102 valence electrons. The molecule has 3 nitrogen and oxygen atoms in total. The molecule has 2 N–H and O–H groups in total. The maximum atomic E-state index is 12.2. The molecule has 0 aliphatic rings. The largest absolute Gasteiger partial charge is 0.320 e. The Labute approximate surface area is 116 Å². The fourth-order valence-electron chi connectivity index (χ4n) is 1.68. The lowest BCUT2D eigenvalue weighted by molar-refractivity contribution is -0.120. The van der Waals surface area contributed by atoms with E-state index >= 15 is 0 Å². The van der Waals surface area contributed by atoms with E-state index in [4.69, 9.17) is 5.73 Å². The van der Waals surface area contributed by atoms with Crippen LogP contribution in [0.5, 0.6) is 0 Å². The predicted octanol–water partition coefficient (Wildman–Crippen LogP) is 2.75. The quantitative estimate of drug-likeness (QED) is 0.914. The maximum absolute atomic E-state index is 12.2. The summed E-state index contributed by atoms with van der Waals surface area (Å²) in [4.78, 5) is 13.8. The Morgan fingerprint density at radius 1 is 1.44 bits per heavy atom. The van der Waals surface area contributed by atoms with Gasteiger partial charge in [-0.2, -0.15) is 0 Å². The van der Waals surface area contributed by atoms with Gasteiger partial charge in [-0.25, -0.2) is 0 Å². The molecule has 0 aromatic heterocycles. The molecule has 0 aliphatic carbocycles. The van der Waals surface area contributed by atoms with Crippen molar-refractivity contribution in [1.82, 2.24) is 0 Å². The Bertz CT molecular complexity index is 395. The Hall–Kier alpha value is -1.06. The molecule has 0 spiro atoms. The zero-order valence-corrected chi connectivity index (χ0v) is 12.3. The van der Waals surface area contributed by atoms with E-state index in [2.05, 4.69) is 0 Å². The molecule has 2 unspecified atom stereocenters. The minimum atomic E-state index is -0.425. The third-order valence-electron chi connectivity index (χ3n) is 3.26. The number of anilines is 1. The number of carbonyl (C=O) groups excluding carboxylic acids is 1. The van der Waals surface area contributed by atoms with Gasteiger partial charge in [-0.3, -0.25) is 4.79 Å². The number of benzene rings is 1. The first-order chi connectivity index (χ1) is 7.97. The Morgan fingerprint density at radius 3 is 2.56 bits per heavy atom. The lowest BCUT2D eigenvalue weighted by Gasteiger charge is -2.24. The zero-order chi connectivity index (χ0) is 13.0. The van der Waals surface area contributed by atoms with Crippen LogP contribution in [0.15, 0.2) is 24.3 Å². The summed E-state index contributed by atoms with van der Waals surface area (Å²) in [5.74, 6) is 0.180. The second-order valence-corrected chi connectivity index (χ2v) is 4.65. The average molecular weight is 271 g/mol. The van der Waals surface area contributed by atoms with Crippen molar-refractivity contribution in [2.45, 2.75) is 33.2 Å². The number of rotatable bonds is 4. The van der Waals surface area contributed by atoms with E-state index in [1.54, 1.807) is 11.9 Å². The molecular formula is C14H23ClN2O. The van der Waals surface area contributed by atoms with Crippen molar-refractivity contribution >= 4 is 24.0 Å². The fraction of sp³-hybridized carbons (Fsp3) is 0.500. The summed E-state index contributed by atoms with van der Waals surface area (Å²) in [6.07, 6.45) is 0.911. The van der Waals surface area contributed by atoms with Gasteiger partial charge in [0.05, 0.1) is 6.04 Å². The highest BCUT2D eigenvalue weighted by Gasteiger charge is 2.23. The van der Waals surface area contributed by atoms with Crippen LogP contribution in [0.3, 0.4) is 0 Å². The van der Waals surface area contributed by atoms with Gasteiger partial charge in [0.1, 0.15) is 0 Å². The lowest BCUT2D eigenvalue weighted by Crippen LogP contribution is -2.45. The van der Waals surface area contributed by atoms with Crippen molar-refractivity contribution in [2.75, 3.05) is 11.9 Å². The van der Waals surface area contributed by atoms with Crippen LogP contribution in [-0.2, 0) is 4.79 Å². The van der Waals surface area contributed by atoms with Crippen LogP contribution < -0.4 is 10.6 Å². The van der Waals surface area contributed by atoms with Crippen LogP contribution in [0.25, 0.3) is 0 Å². The minimum Gasteiger partial charge on any atom is -0.320 e. The highest BCUT2D eigenvalue weighted by atomic mass is 35.5. The van der Waals surface area contributed by atoms with E-state index < -0.39 is 6.04 Å². The van der Waals surface area contributed by atoms with Crippen molar-refractivity contribution in [2.24, 2.45) is 11.7 Å². The van der Waals surface area contributed by atoms with Crippen molar-refractivity contribution < 1.29 is 4.79 Å². The number of halogens is 1. The number of nitrogens with zero attached hydrogens (tertiary/aromatic N) is 1. The van der Waals surface area contributed by atoms with E-state index in [1.165, 1.54) is 0 Å². The molecule has 4 heteroatoms. The Balaban J connectivity index is 0.00000289. The molecular weight excluding hydrogens is 248 g/mol. The second kappa shape index (κ2) is 7.39. The molecule has 0 saturated carbocycles. The molecule has 2 atom stereocenters. The van der Waals surface area contributed by atoms with Crippen molar-refractivity contribution in [3.05, 3.63) is 29.8 Å². The molecule has 0 bridgehead atoms. The van der Waals surface area contributed by atoms with Crippen molar-refractivity contribution in [1.29, 1.82) is 0 Å². The number of likely N-dealkylation sites (N-methyl/N-ethyl adjacent to an activating group) is 1.